The summed E-state index contributed by atoms with van der Waals surface area (Å²) >= 11 is 1.51. The monoisotopic (exact) mass is 407 g/mol. The van der Waals surface area contributed by atoms with E-state index in [0.717, 1.165) is 34.8 Å². The van der Waals surface area contributed by atoms with Gasteiger partial charge in [-0.05, 0) is 26.1 Å². The van der Waals surface area contributed by atoms with Crippen LogP contribution in [0, 0.1) is 6.92 Å². The molecule has 1 aliphatic heterocycles. The minimum atomic E-state index is 0.0185. The van der Waals surface area contributed by atoms with Crippen LogP contribution in [0.2, 0.25) is 0 Å². The molecule has 1 saturated heterocycles. The van der Waals surface area contributed by atoms with Gasteiger partial charge < -0.3 is 19.5 Å². The first-order valence-electron chi connectivity index (χ1n) is 9.52. The summed E-state index contributed by atoms with van der Waals surface area (Å²) in [7, 11) is 2.08. The fourth-order valence-corrected chi connectivity index (χ4v) is 4.43. The van der Waals surface area contributed by atoms with Gasteiger partial charge in [-0.25, -0.2) is 15.0 Å². The van der Waals surface area contributed by atoms with Gasteiger partial charge in [0.25, 0.3) is 5.91 Å². The number of aryl methyl sites for hydroxylation is 1. The summed E-state index contributed by atoms with van der Waals surface area (Å²) in [5.74, 6) is 0.621. The van der Waals surface area contributed by atoms with E-state index in [1.807, 2.05) is 46.0 Å². The van der Waals surface area contributed by atoms with E-state index in [4.69, 9.17) is 0 Å². The molecule has 29 heavy (non-hydrogen) atoms. The lowest BCUT2D eigenvalue weighted by atomic mass is 10.1. The molecule has 1 aliphatic rings. The molecule has 1 fully saturated rings. The van der Waals surface area contributed by atoms with Crippen LogP contribution in [0.15, 0.2) is 36.1 Å². The van der Waals surface area contributed by atoms with E-state index < -0.39 is 0 Å². The topological polar surface area (TPSA) is 78.7 Å². The molecular weight excluding hydrogens is 386 g/mol. The maximum Gasteiger partial charge on any atom is 0.256 e. The third-order valence-electron chi connectivity index (χ3n) is 5.27. The van der Waals surface area contributed by atoms with Crippen LogP contribution >= 0.6 is 11.3 Å². The Bertz CT molecular complexity index is 1210. The van der Waals surface area contributed by atoms with Gasteiger partial charge in [0, 0.05) is 37.8 Å². The van der Waals surface area contributed by atoms with Gasteiger partial charge in [0.2, 0.25) is 0 Å². The van der Waals surface area contributed by atoms with Crippen molar-refractivity contribution in [1.29, 1.82) is 0 Å². The Kier molecular flexibility index (Phi) is 4.40. The molecule has 0 atom stereocenters. The third-order valence-corrected chi connectivity index (χ3v) is 6.15. The number of pyridine rings is 1. The Balaban J connectivity index is 1.68. The van der Waals surface area contributed by atoms with E-state index >= 15 is 0 Å². The number of thiazole rings is 1. The zero-order valence-electron chi connectivity index (χ0n) is 16.3. The van der Waals surface area contributed by atoms with Gasteiger partial charge in [0.1, 0.15) is 12.1 Å². The summed E-state index contributed by atoms with van der Waals surface area (Å²) < 4.78 is 1.96. The Hall–Kier alpha value is -3.04. The van der Waals surface area contributed by atoms with Crippen molar-refractivity contribution >= 4 is 44.7 Å². The number of aromatic nitrogens is 4. The molecule has 1 amide bonds. The molecule has 8 nitrogen and oxygen atoms in total. The second kappa shape index (κ2) is 7.09. The van der Waals surface area contributed by atoms with Crippen LogP contribution in [0.4, 0.5) is 10.9 Å². The van der Waals surface area contributed by atoms with Crippen LogP contribution in [-0.2, 0) is 0 Å². The summed E-state index contributed by atoms with van der Waals surface area (Å²) in [6.45, 7) is 5.11. The van der Waals surface area contributed by atoms with Gasteiger partial charge in [-0.3, -0.25) is 4.79 Å². The van der Waals surface area contributed by atoms with E-state index in [9.17, 15) is 4.79 Å². The standard InChI is InChI=1S/C20H21N7OS/c1-13-11-29-20(23-13)24-17-16-15(19(28)26-9-7-25(2)8-10-26)14-5-3-4-6-27(14)18(16)22-12-21-17/h3-6,11-12H,7-10H2,1-2H3,(H,21,22,23,24). The SMILES string of the molecule is Cc1csc(Nc2ncnc3c2c(C(=O)N2CCN(C)CC2)c2ccccn23)n1. The average molecular weight is 408 g/mol. The number of carbonyl (C=O) groups is 1. The molecule has 0 bridgehead atoms. The first-order chi connectivity index (χ1) is 14.1. The summed E-state index contributed by atoms with van der Waals surface area (Å²) in [6, 6.07) is 5.85. The Morgan fingerprint density at radius 2 is 2.00 bits per heavy atom. The maximum atomic E-state index is 13.6. The highest BCUT2D eigenvalue weighted by atomic mass is 32.1. The molecule has 4 aromatic heterocycles. The van der Waals surface area contributed by atoms with Gasteiger partial charge in [-0.2, -0.15) is 0 Å². The molecule has 0 aromatic carbocycles. The Labute approximate surface area is 171 Å². The lowest BCUT2D eigenvalue weighted by molar-refractivity contribution is 0.0668. The summed E-state index contributed by atoms with van der Waals surface area (Å²) in [4.78, 5) is 31.2. The third kappa shape index (κ3) is 3.12. The van der Waals surface area contributed by atoms with Crippen molar-refractivity contribution in [1.82, 2.24) is 29.2 Å². The minimum absolute atomic E-state index is 0.0185. The number of fused-ring (bicyclic) bond motifs is 3. The van der Waals surface area contributed by atoms with Gasteiger partial charge in [-0.1, -0.05) is 6.07 Å². The van der Waals surface area contributed by atoms with Crippen LogP contribution in [-0.4, -0.2) is 68.3 Å². The summed E-state index contributed by atoms with van der Waals surface area (Å²) in [5.41, 5.74) is 3.13. The maximum absolute atomic E-state index is 13.6. The normalized spacial score (nSPS) is 15.3. The van der Waals surface area contributed by atoms with Crippen LogP contribution in [0.25, 0.3) is 16.6 Å². The molecule has 1 N–H and O–H groups in total. The highest BCUT2D eigenvalue weighted by Crippen LogP contribution is 2.33. The fourth-order valence-electron chi connectivity index (χ4n) is 3.74. The number of anilines is 2. The van der Waals surface area contributed by atoms with Gasteiger partial charge in [0.15, 0.2) is 10.8 Å². The fraction of sp³-hybridized carbons (Fsp3) is 0.300. The largest absolute Gasteiger partial charge is 0.336 e. The van der Waals surface area contributed by atoms with Crippen molar-refractivity contribution in [2.24, 2.45) is 0 Å². The Morgan fingerprint density at radius 1 is 1.17 bits per heavy atom. The minimum Gasteiger partial charge on any atom is -0.336 e. The molecular formula is C20H21N7OS. The smallest absolute Gasteiger partial charge is 0.256 e. The lowest BCUT2D eigenvalue weighted by Crippen LogP contribution is -2.47. The van der Waals surface area contributed by atoms with Gasteiger partial charge in [-0.15, -0.1) is 11.3 Å². The molecule has 0 saturated carbocycles. The second-order valence-corrected chi connectivity index (χ2v) is 8.12. The van der Waals surface area contributed by atoms with Crippen molar-refractivity contribution in [2.75, 3.05) is 38.5 Å². The molecule has 148 valence electrons. The molecule has 4 aromatic rings. The molecule has 0 unspecified atom stereocenters. The molecule has 0 aliphatic carbocycles. The zero-order valence-corrected chi connectivity index (χ0v) is 17.1. The van der Waals surface area contributed by atoms with E-state index in [1.165, 1.54) is 17.7 Å². The summed E-state index contributed by atoms with van der Waals surface area (Å²) in [6.07, 6.45) is 3.46. The quantitative estimate of drug-likeness (QED) is 0.563. The number of hydrogen-bond acceptors (Lipinski definition) is 7. The number of nitrogens with zero attached hydrogens (tertiary/aromatic N) is 6. The van der Waals surface area contributed by atoms with E-state index in [0.29, 0.717) is 30.1 Å². The number of piperazine rings is 1. The second-order valence-electron chi connectivity index (χ2n) is 7.27. The predicted molar refractivity (Wildman–Crippen MR) is 114 cm³/mol. The van der Waals surface area contributed by atoms with E-state index in [-0.39, 0.29) is 5.91 Å². The zero-order chi connectivity index (χ0) is 20.0. The molecule has 0 radical (unpaired) electrons. The van der Waals surface area contributed by atoms with Crippen LogP contribution < -0.4 is 5.32 Å². The van der Waals surface area contributed by atoms with Crippen molar-refractivity contribution in [3.05, 3.63) is 47.4 Å². The van der Waals surface area contributed by atoms with Crippen molar-refractivity contribution in [3.8, 4) is 0 Å². The highest BCUT2D eigenvalue weighted by Gasteiger charge is 2.28. The highest BCUT2D eigenvalue weighted by molar-refractivity contribution is 7.13. The number of rotatable bonds is 3. The van der Waals surface area contributed by atoms with Crippen LogP contribution in [0.3, 0.4) is 0 Å². The van der Waals surface area contributed by atoms with Crippen molar-refractivity contribution in [3.63, 3.8) is 0 Å². The lowest BCUT2D eigenvalue weighted by Gasteiger charge is -2.32. The average Bonchev–Trinajstić information content (AvgIpc) is 3.29. The Morgan fingerprint density at radius 3 is 2.76 bits per heavy atom. The molecule has 0 spiro atoms. The predicted octanol–water partition coefficient (Wildman–Crippen LogP) is 2.78. The first-order valence-corrected chi connectivity index (χ1v) is 10.4. The van der Waals surface area contributed by atoms with E-state index in [2.05, 4.69) is 32.2 Å². The number of nitrogens with one attached hydrogen (secondary N) is 1. The van der Waals surface area contributed by atoms with Crippen molar-refractivity contribution < 1.29 is 4.79 Å². The van der Waals surface area contributed by atoms with Gasteiger partial charge in [0.05, 0.1) is 22.2 Å². The van der Waals surface area contributed by atoms with Crippen molar-refractivity contribution in [2.45, 2.75) is 6.92 Å². The number of likely N-dealkylation sites (N-methyl/N-ethyl adjacent to an activating group) is 1. The first kappa shape index (κ1) is 18.0. The van der Waals surface area contributed by atoms with E-state index in [1.54, 1.807) is 0 Å². The molecule has 9 heteroatoms. The number of amides is 1. The summed E-state index contributed by atoms with van der Waals surface area (Å²) in [5, 5.41) is 6.76. The van der Waals surface area contributed by atoms with Crippen LogP contribution in [0.1, 0.15) is 16.1 Å². The number of carbonyl (C=O) groups excluding carboxylic acids is 1. The van der Waals surface area contributed by atoms with Crippen LogP contribution in [0.5, 0.6) is 0 Å². The number of hydrogen-bond donors (Lipinski definition) is 1. The molecule has 5 heterocycles. The van der Waals surface area contributed by atoms with Gasteiger partial charge >= 0.3 is 0 Å². The molecule has 5 rings (SSSR count).